The van der Waals surface area contributed by atoms with Crippen LogP contribution in [0.3, 0.4) is 0 Å². The van der Waals surface area contributed by atoms with E-state index in [4.69, 9.17) is 0 Å². The maximum Gasteiger partial charge on any atom is 0.266 e. The molecule has 0 spiro atoms. The molecule has 0 saturated heterocycles. The SMILES string of the molecule is O=C(NNS(=O)(=O)c1ccccc1F)c1cccc(-n2cc(F)cn2)c1. The van der Waals surface area contributed by atoms with Crippen LogP contribution in [0.25, 0.3) is 5.69 Å². The highest BCUT2D eigenvalue weighted by atomic mass is 32.2. The van der Waals surface area contributed by atoms with E-state index in [1.54, 1.807) is 6.07 Å². The van der Waals surface area contributed by atoms with Crippen molar-refractivity contribution in [1.82, 2.24) is 20.0 Å². The van der Waals surface area contributed by atoms with Crippen LogP contribution in [0, 0.1) is 11.6 Å². The molecule has 26 heavy (non-hydrogen) atoms. The number of halogens is 2. The zero-order valence-corrected chi connectivity index (χ0v) is 13.9. The zero-order valence-electron chi connectivity index (χ0n) is 13.1. The van der Waals surface area contributed by atoms with Crippen LogP contribution in [-0.4, -0.2) is 24.1 Å². The highest BCUT2D eigenvalue weighted by Gasteiger charge is 2.19. The van der Waals surface area contributed by atoms with Crippen molar-refractivity contribution in [3.63, 3.8) is 0 Å². The molecule has 0 unspecified atom stereocenters. The maximum atomic E-state index is 13.6. The fourth-order valence-corrected chi connectivity index (χ4v) is 3.05. The van der Waals surface area contributed by atoms with Crippen molar-refractivity contribution in [1.29, 1.82) is 0 Å². The predicted molar refractivity (Wildman–Crippen MR) is 87.7 cm³/mol. The first-order valence-corrected chi connectivity index (χ1v) is 8.72. The summed E-state index contributed by atoms with van der Waals surface area (Å²) in [6.07, 6.45) is 2.13. The van der Waals surface area contributed by atoms with Gasteiger partial charge in [-0.15, -0.1) is 4.83 Å². The Morgan fingerprint density at radius 1 is 1.08 bits per heavy atom. The Balaban J connectivity index is 1.76. The quantitative estimate of drug-likeness (QED) is 0.662. The Hall–Kier alpha value is -3.11. The van der Waals surface area contributed by atoms with E-state index in [-0.39, 0.29) is 5.56 Å². The third-order valence-corrected chi connectivity index (χ3v) is 4.63. The number of rotatable bonds is 5. The Morgan fingerprint density at radius 2 is 1.85 bits per heavy atom. The van der Waals surface area contributed by atoms with Gasteiger partial charge in [0.1, 0.15) is 10.7 Å². The molecular weight excluding hydrogens is 366 g/mol. The van der Waals surface area contributed by atoms with Crippen LogP contribution in [0.15, 0.2) is 65.8 Å². The van der Waals surface area contributed by atoms with Crippen LogP contribution in [0.2, 0.25) is 0 Å². The van der Waals surface area contributed by atoms with E-state index >= 15 is 0 Å². The molecule has 1 heterocycles. The smallest absolute Gasteiger partial charge is 0.266 e. The number of hydrogen-bond acceptors (Lipinski definition) is 4. The molecule has 0 saturated carbocycles. The number of carbonyl (C=O) groups is 1. The average molecular weight is 378 g/mol. The van der Waals surface area contributed by atoms with E-state index in [1.807, 2.05) is 10.3 Å². The molecule has 0 aliphatic rings. The number of carbonyl (C=O) groups excluding carboxylic acids is 1. The van der Waals surface area contributed by atoms with Gasteiger partial charge in [-0.25, -0.2) is 21.9 Å². The van der Waals surface area contributed by atoms with Gasteiger partial charge in [-0.1, -0.05) is 18.2 Å². The van der Waals surface area contributed by atoms with Gasteiger partial charge in [0.15, 0.2) is 5.82 Å². The third-order valence-electron chi connectivity index (χ3n) is 3.35. The normalized spacial score (nSPS) is 11.3. The minimum absolute atomic E-state index is 0.0923. The van der Waals surface area contributed by atoms with Gasteiger partial charge in [0, 0.05) is 5.56 Å². The number of hydrazine groups is 1. The maximum absolute atomic E-state index is 13.6. The lowest BCUT2D eigenvalue weighted by atomic mass is 10.2. The average Bonchev–Trinajstić information content (AvgIpc) is 3.06. The minimum Gasteiger partial charge on any atom is -0.273 e. The molecule has 2 aromatic carbocycles. The molecule has 0 aliphatic carbocycles. The molecule has 2 N–H and O–H groups in total. The van der Waals surface area contributed by atoms with E-state index in [0.29, 0.717) is 5.69 Å². The van der Waals surface area contributed by atoms with Crippen molar-refractivity contribution in [3.05, 3.63) is 78.1 Å². The van der Waals surface area contributed by atoms with Gasteiger partial charge in [0.25, 0.3) is 15.9 Å². The molecule has 3 rings (SSSR count). The number of amides is 1. The van der Waals surface area contributed by atoms with Crippen molar-refractivity contribution in [3.8, 4) is 5.69 Å². The Kier molecular flexibility index (Phi) is 4.78. The molecule has 134 valence electrons. The predicted octanol–water partition coefficient (Wildman–Crippen LogP) is 1.77. The van der Waals surface area contributed by atoms with Crippen LogP contribution in [0.5, 0.6) is 0 Å². The van der Waals surface area contributed by atoms with Crippen LogP contribution < -0.4 is 10.3 Å². The van der Waals surface area contributed by atoms with Crippen molar-refractivity contribution in [2.75, 3.05) is 0 Å². The summed E-state index contributed by atoms with van der Waals surface area (Å²) >= 11 is 0. The second kappa shape index (κ2) is 7.02. The lowest BCUT2D eigenvalue weighted by Crippen LogP contribution is -2.41. The molecule has 3 aromatic rings. The lowest BCUT2D eigenvalue weighted by Gasteiger charge is -2.10. The van der Waals surface area contributed by atoms with Gasteiger partial charge < -0.3 is 0 Å². The highest BCUT2D eigenvalue weighted by Crippen LogP contribution is 2.13. The van der Waals surface area contributed by atoms with E-state index in [9.17, 15) is 22.0 Å². The number of nitrogens with one attached hydrogen (secondary N) is 2. The third kappa shape index (κ3) is 3.76. The topological polar surface area (TPSA) is 93.1 Å². The molecule has 0 fully saturated rings. The standard InChI is InChI=1S/C16H12F2N4O3S/c17-12-9-19-22(10-12)13-5-3-4-11(8-13)16(23)20-21-26(24,25)15-7-2-1-6-14(15)18/h1-10,21H,(H,20,23). The van der Waals surface area contributed by atoms with Gasteiger partial charge in [-0.2, -0.15) is 5.10 Å². The van der Waals surface area contributed by atoms with E-state index in [2.05, 4.69) is 5.10 Å². The summed E-state index contributed by atoms with van der Waals surface area (Å²) in [6.45, 7) is 0. The summed E-state index contributed by atoms with van der Waals surface area (Å²) in [5.74, 6) is -2.27. The number of hydrogen-bond donors (Lipinski definition) is 2. The summed E-state index contributed by atoms with van der Waals surface area (Å²) in [5, 5.41) is 3.78. The van der Waals surface area contributed by atoms with Gasteiger partial charge in [-0.3, -0.25) is 10.2 Å². The first-order valence-electron chi connectivity index (χ1n) is 7.24. The van der Waals surface area contributed by atoms with E-state index in [1.165, 1.54) is 35.0 Å². The van der Waals surface area contributed by atoms with Crippen molar-refractivity contribution in [2.45, 2.75) is 4.90 Å². The number of sulfonamides is 1. The highest BCUT2D eigenvalue weighted by molar-refractivity contribution is 7.89. The monoisotopic (exact) mass is 378 g/mol. The van der Waals surface area contributed by atoms with E-state index in [0.717, 1.165) is 24.5 Å². The lowest BCUT2D eigenvalue weighted by molar-refractivity contribution is 0.0945. The zero-order chi connectivity index (χ0) is 18.7. The summed E-state index contributed by atoms with van der Waals surface area (Å²) in [7, 11) is -4.28. The van der Waals surface area contributed by atoms with E-state index < -0.39 is 32.5 Å². The Labute approximate surface area is 147 Å². The van der Waals surface area contributed by atoms with Crippen LogP contribution >= 0.6 is 0 Å². The van der Waals surface area contributed by atoms with Gasteiger partial charge >= 0.3 is 0 Å². The summed E-state index contributed by atoms with van der Waals surface area (Å²) in [5.41, 5.74) is 2.50. The van der Waals surface area contributed by atoms with Crippen molar-refractivity contribution >= 4 is 15.9 Å². The second-order valence-corrected chi connectivity index (χ2v) is 6.79. The molecule has 0 atom stereocenters. The molecule has 1 aromatic heterocycles. The molecule has 1 amide bonds. The molecule has 10 heteroatoms. The number of nitrogens with zero attached hydrogens (tertiary/aromatic N) is 2. The van der Waals surface area contributed by atoms with Crippen LogP contribution in [0.1, 0.15) is 10.4 Å². The largest absolute Gasteiger partial charge is 0.273 e. The van der Waals surface area contributed by atoms with Crippen molar-refractivity contribution < 1.29 is 22.0 Å². The van der Waals surface area contributed by atoms with Gasteiger partial charge in [0.2, 0.25) is 0 Å². The Morgan fingerprint density at radius 3 is 2.54 bits per heavy atom. The fraction of sp³-hybridized carbons (Fsp3) is 0. The van der Waals surface area contributed by atoms with Crippen LogP contribution in [0.4, 0.5) is 8.78 Å². The first kappa shape index (κ1) is 17.7. The molecule has 0 bridgehead atoms. The van der Waals surface area contributed by atoms with Gasteiger partial charge in [-0.05, 0) is 30.3 Å². The molecule has 0 aliphatic heterocycles. The summed E-state index contributed by atoms with van der Waals surface area (Å²) < 4.78 is 52.0. The fourth-order valence-electron chi connectivity index (χ4n) is 2.14. The molecule has 7 nitrogen and oxygen atoms in total. The molecular formula is C16H12F2N4O3S. The van der Waals surface area contributed by atoms with Gasteiger partial charge in [0.05, 0.1) is 18.1 Å². The van der Waals surface area contributed by atoms with Crippen molar-refractivity contribution in [2.24, 2.45) is 0 Å². The Bertz CT molecular complexity index is 1070. The first-order chi connectivity index (χ1) is 12.4. The second-order valence-electron chi connectivity index (χ2n) is 5.14. The summed E-state index contributed by atoms with van der Waals surface area (Å²) in [4.78, 5) is 13.4. The molecule has 0 radical (unpaired) electrons. The summed E-state index contributed by atoms with van der Waals surface area (Å²) in [6, 6.07) is 10.7. The minimum atomic E-state index is -4.28. The number of aromatic nitrogens is 2. The van der Waals surface area contributed by atoms with Crippen LogP contribution in [-0.2, 0) is 10.0 Å². The number of benzene rings is 2.